The number of rotatable bonds is 3. The van der Waals surface area contributed by atoms with Crippen molar-refractivity contribution in [2.24, 2.45) is 17.8 Å². The minimum Gasteiger partial charge on any atom is -0.430 e. The molecule has 2 aliphatic heterocycles. The van der Waals surface area contributed by atoms with E-state index in [4.69, 9.17) is 18.9 Å². The Bertz CT molecular complexity index is 631. The molecule has 2 bridgehead atoms. The van der Waals surface area contributed by atoms with E-state index in [0.717, 1.165) is 6.42 Å². The minimum absolute atomic E-state index is 0.0680. The first-order chi connectivity index (χ1) is 11.1. The van der Waals surface area contributed by atoms with Crippen molar-refractivity contribution < 1.29 is 28.7 Å². The number of nitro benzene ring substituents is 1. The highest BCUT2D eigenvalue weighted by atomic mass is 16.7. The van der Waals surface area contributed by atoms with Crippen LogP contribution in [0.1, 0.15) is 6.42 Å². The maximum atomic E-state index is 12.0. The lowest BCUT2D eigenvalue weighted by molar-refractivity contribution is -0.384. The normalized spacial score (nSPS) is 34.2. The third-order valence-electron chi connectivity index (χ3n) is 4.77. The summed E-state index contributed by atoms with van der Waals surface area (Å²) in [5, 5.41) is 10.6. The molecule has 0 spiro atoms. The molecule has 4 rings (SSSR count). The molecule has 3 fully saturated rings. The third-order valence-corrected chi connectivity index (χ3v) is 4.77. The number of fused-ring (bicyclic) bond motifs is 1. The van der Waals surface area contributed by atoms with Crippen LogP contribution in [0.2, 0.25) is 0 Å². The number of ether oxygens (including phenoxy) is 4. The Morgan fingerprint density at radius 2 is 1.91 bits per heavy atom. The summed E-state index contributed by atoms with van der Waals surface area (Å²) in [6.07, 6.45) is -0.307. The molecular formula is C15H15NO7. The molecule has 1 aromatic carbocycles. The lowest BCUT2D eigenvalue weighted by Gasteiger charge is -2.27. The predicted molar refractivity (Wildman–Crippen MR) is 74.8 cm³/mol. The molecule has 0 N–H and O–H groups in total. The molecule has 1 aliphatic carbocycles. The maximum absolute atomic E-state index is 12.0. The molecule has 1 aromatic rings. The van der Waals surface area contributed by atoms with Gasteiger partial charge in [-0.05, 0) is 18.6 Å². The molecule has 23 heavy (non-hydrogen) atoms. The number of benzene rings is 1. The largest absolute Gasteiger partial charge is 0.514 e. The second-order valence-corrected chi connectivity index (χ2v) is 6.04. The van der Waals surface area contributed by atoms with Crippen LogP contribution in [0.15, 0.2) is 24.3 Å². The number of carbonyl (C=O) groups is 1. The van der Waals surface area contributed by atoms with E-state index in [1.807, 2.05) is 0 Å². The Morgan fingerprint density at radius 3 is 2.65 bits per heavy atom. The van der Waals surface area contributed by atoms with Gasteiger partial charge in [-0.25, -0.2) is 4.79 Å². The van der Waals surface area contributed by atoms with Crippen molar-refractivity contribution in [1.29, 1.82) is 0 Å². The van der Waals surface area contributed by atoms with E-state index in [2.05, 4.69) is 0 Å². The standard InChI is InChI=1S/C15H15NO7/c17-15(22-10-3-1-9(2-4-10)16(18)19)23-13-8-5-11-12(13)7-21-14(11)20-6-8/h1-4,8,11-14H,5-7H2. The molecule has 3 aliphatic rings. The van der Waals surface area contributed by atoms with Crippen molar-refractivity contribution in [2.75, 3.05) is 13.2 Å². The first kappa shape index (κ1) is 14.4. The van der Waals surface area contributed by atoms with Gasteiger partial charge in [0.15, 0.2) is 6.29 Å². The third kappa shape index (κ3) is 2.53. The quantitative estimate of drug-likeness (QED) is 0.364. The van der Waals surface area contributed by atoms with E-state index >= 15 is 0 Å². The molecule has 8 heteroatoms. The van der Waals surface area contributed by atoms with Gasteiger partial charge in [0.25, 0.3) is 5.69 Å². The van der Waals surface area contributed by atoms with E-state index in [0.29, 0.717) is 13.2 Å². The van der Waals surface area contributed by atoms with Gasteiger partial charge in [0.05, 0.1) is 18.1 Å². The van der Waals surface area contributed by atoms with Gasteiger partial charge in [-0.15, -0.1) is 0 Å². The smallest absolute Gasteiger partial charge is 0.430 e. The Hall–Kier alpha value is -2.19. The summed E-state index contributed by atoms with van der Waals surface area (Å²) in [5.74, 6) is 0.816. The molecule has 0 amide bonds. The molecule has 5 atom stereocenters. The molecule has 1 saturated carbocycles. The molecule has 5 unspecified atom stereocenters. The van der Waals surface area contributed by atoms with Gasteiger partial charge in [0.2, 0.25) is 0 Å². The van der Waals surface area contributed by atoms with Gasteiger partial charge in [-0.3, -0.25) is 10.1 Å². The van der Waals surface area contributed by atoms with Crippen molar-refractivity contribution in [3.63, 3.8) is 0 Å². The highest BCUT2D eigenvalue weighted by molar-refractivity contribution is 5.64. The van der Waals surface area contributed by atoms with Gasteiger partial charge < -0.3 is 18.9 Å². The van der Waals surface area contributed by atoms with Crippen LogP contribution in [-0.4, -0.2) is 36.7 Å². The van der Waals surface area contributed by atoms with Crippen LogP contribution >= 0.6 is 0 Å². The van der Waals surface area contributed by atoms with Crippen molar-refractivity contribution in [1.82, 2.24) is 0 Å². The number of hydrogen-bond acceptors (Lipinski definition) is 7. The summed E-state index contributed by atoms with van der Waals surface area (Å²) in [6.45, 7) is 1.05. The number of non-ortho nitro benzene ring substituents is 1. The fourth-order valence-electron chi connectivity index (χ4n) is 3.72. The summed E-state index contributed by atoms with van der Waals surface area (Å²) >= 11 is 0. The summed E-state index contributed by atoms with van der Waals surface area (Å²) in [4.78, 5) is 22.1. The first-order valence-electron chi connectivity index (χ1n) is 7.48. The van der Waals surface area contributed by atoms with Crippen LogP contribution < -0.4 is 4.74 Å². The molecular weight excluding hydrogens is 306 g/mol. The molecule has 8 nitrogen and oxygen atoms in total. The number of carbonyl (C=O) groups excluding carboxylic acids is 1. The lowest BCUT2D eigenvalue weighted by atomic mass is 9.98. The lowest BCUT2D eigenvalue weighted by Crippen LogP contribution is -2.34. The Labute approximate surface area is 131 Å². The highest BCUT2D eigenvalue weighted by Gasteiger charge is 2.56. The zero-order valence-electron chi connectivity index (χ0n) is 12.1. The van der Waals surface area contributed by atoms with Crippen molar-refractivity contribution in [2.45, 2.75) is 18.8 Å². The van der Waals surface area contributed by atoms with Gasteiger partial charge in [0.1, 0.15) is 11.9 Å². The van der Waals surface area contributed by atoms with E-state index in [1.54, 1.807) is 0 Å². The summed E-state index contributed by atoms with van der Waals surface area (Å²) in [5.41, 5.74) is -0.0680. The van der Waals surface area contributed by atoms with Gasteiger partial charge >= 0.3 is 6.16 Å². The van der Waals surface area contributed by atoms with Crippen molar-refractivity contribution >= 4 is 11.8 Å². The van der Waals surface area contributed by atoms with Gasteiger partial charge in [0, 0.05) is 29.9 Å². The first-order valence-corrected chi connectivity index (χ1v) is 7.48. The average molecular weight is 321 g/mol. The predicted octanol–water partition coefficient (Wildman–Crippen LogP) is 2.12. The second kappa shape index (κ2) is 5.47. The van der Waals surface area contributed by atoms with Crippen molar-refractivity contribution in [3.8, 4) is 5.75 Å². The van der Waals surface area contributed by atoms with Crippen LogP contribution in [0.3, 0.4) is 0 Å². The van der Waals surface area contributed by atoms with Crippen LogP contribution in [0.5, 0.6) is 5.75 Å². The summed E-state index contributed by atoms with van der Waals surface area (Å²) < 4.78 is 21.7. The van der Waals surface area contributed by atoms with E-state index in [1.165, 1.54) is 24.3 Å². The zero-order chi connectivity index (χ0) is 16.0. The fraction of sp³-hybridized carbons (Fsp3) is 0.533. The average Bonchev–Trinajstić information content (AvgIpc) is 3.05. The minimum atomic E-state index is -0.806. The number of nitro groups is 1. The Balaban J connectivity index is 1.39. The zero-order valence-corrected chi connectivity index (χ0v) is 12.1. The Kier molecular flexibility index (Phi) is 3.42. The molecule has 0 aromatic heterocycles. The van der Waals surface area contributed by atoms with Crippen molar-refractivity contribution in [3.05, 3.63) is 34.4 Å². The van der Waals surface area contributed by atoms with Crippen LogP contribution in [0.25, 0.3) is 0 Å². The topological polar surface area (TPSA) is 97.1 Å². The molecule has 122 valence electrons. The molecule has 0 radical (unpaired) electrons. The molecule has 2 heterocycles. The van der Waals surface area contributed by atoms with E-state index in [-0.39, 0.29) is 41.6 Å². The van der Waals surface area contributed by atoms with E-state index < -0.39 is 11.1 Å². The summed E-state index contributed by atoms with van der Waals surface area (Å²) in [6, 6.07) is 5.28. The van der Waals surface area contributed by atoms with Crippen LogP contribution in [0.4, 0.5) is 10.5 Å². The van der Waals surface area contributed by atoms with Crippen LogP contribution in [-0.2, 0) is 14.2 Å². The molecule has 2 saturated heterocycles. The number of nitrogens with zero attached hydrogens (tertiary/aromatic N) is 1. The monoisotopic (exact) mass is 321 g/mol. The second-order valence-electron chi connectivity index (χ2n) is 6.04. The maximum Gasteiger partial charge on any atom is 0.514 e. The number of hydrogen-bond donors (Lipinski definition) is 0. The highest BCUT2D eigenvalue weighted by Crippen LogP contribution is 2.49. The van der Waals surface area contributed by atoms with E-state index in [9.17, 15) is 14.9 Å². The SMILES string of the molecule is O=C(Oc1ccc([N+](=O)[O-])cc1)OC1C2COC3OCC1C3C2. The Morgan fingerprint density at radius 1 is 1.17 bits per heavy atom. The van der Waals surface area contributed by atoms with Gasteiger partial charge in [-0.1, -0.05) is 0 Å². The fourth-order valence-corrected chi connectivity index (χ4v) is 3.72. The van der Waals surface area contributed by atoms with Crippen LogP contribution in [0, 0.1) is 27.9 Å². The van der Waals surface area contributed by atoms with Gasteiger partial charge in [-0.2, -0.15) is 0 Å². The summed E-state index contributed by atoms with van der Waals surface area (Å²) in [7, 11) is 0.